The molecule has 1 heterocycles. The number of hydrogen-bond acceptors (Lipinski definition) is 4. The van der Waals surface area contributed by atoms with Crippen LogP contribution in [0.4, 0.5) is 5.69 Å². The van der Waals surface area contributed by atoms with Crippen molar-refractivity contribution in [2.45, 2.75) is 13.8 Å². The maximum absolute atomic E-state index is 12.5. The van der Waals surface area contributed by atoms with Crippen LogP contribution in [0, 0.1) is 5.92 Å². The summed E-state index contributed by atoms with van der Waals surface area (Å²) in [5, 5.41) is 10.5. The van der Waals surface area contributed by atoms with Gasteiger partial charge in [-0.1, -0.05) is 26.0 Å². The van der Waals surface area contributed by atoms with E-state index in [1.54, 1.807) is 29.4 Å². The summed E-state index contributed by atoms with van der Waals surface area (Å²) < 4.78 is 7.55. The molecule has 3 rings (SSSR count). The van der Waals surface area contributed by atoms with Crippen LogP contribution in [0.5, 0.6) is 5.75 Å². The molecule has 0 saturated carbocycles. The van der Waals surface area contributed by atoms with Crippen molar-refractivity contribution >= 4 is 11.6 Å². The van der Waals surface area contributed by atoms with E-state index in [0.717, 1.165) is 5.69 Å². The third kappa shape index (κ3) is 4.23. The predicted octanol–water partition coefficient (Wildman–Crippen LogP) is 3.55. The number of benzene rings is 2. The largest absolute Gasteiger partial charge is 0.491 e. The molecule has 0 atom stereocenters. The molecule has 6 nitrogen and oxygen atoms in total. The van der Waals surface area contributed by atoms with Gasteiger partial charge in [0.15, 0.2) is 0 Å². The van der Waals surface area contributed by atoms with Crippen LogP contribution < -0.4 is 10.1 Å². The van der Waals surface area contributed by atoms with Gasteiger partial charge in [0, 0.05) is 11.3 Å². The Kier molecular flexibility index (Phi) is 5.09. The van der Waals surface area contributed by atoms with Gasteiger partial charge in [0.25, 0.3) is 5.91 Å². The maximum Gasteiger partial charge on any atom is 0.255 e. The van der Waals surface area contributed by atoms with Crippen molar-refractivity contribution in [3.63, 3.8) is 0 Å². The number of carbonyl (C=O) groups is 1. The molecule has 0 unspecified atom stereocenters. The van der Waals surface area contributed by atoms with Crippen molar-refractivity contribution in [2.75, 3.05) is 11.9 Å². The van der Waals surface area contributed by atoms with E-state index < -0.39 is 0 Å². The van der Waals surface area contributed by atoms with Crippen LogP contribution in [0.2, 0.25) is 0 Å². The van der Waals surface area contributed by atoms with E-state index in [0.29, 0.717) is 29.5 Å². The molecule has 128 valence electrons. The van der Waals surface area contributed by atoms with Crippen molar-refractivity contribution in [1.29, 1.82) is 0 Å². The molecule has 0 spiro atoms. The fourth-order valence-corrected chi connectivity index (χ4v) is 2.27. The van der Waals surface area contributed by atoms with Gasteiger partial charge in [0.2, 0.25) is 0 Å². The Hall–Kier alpha value is -3.15. The summed E-state index contributed by atoms with van der Waals surface area (Å²) in [6.45, 7) is 4.76. The van der Waals surface area contributed by atoms with Gasteiger partial charge in [-0.25, -0.2) is 0 Å². The third-order valence-corrected chi connectivity index (χ3v) is 3.55. The lowest BCUT2D eigenvalue weighted by Gasteiger charge is -2.14. The number of rotatable bonds is 6. The molecule has 1 amide bonds. The highest BCUT2D eigenvalue weighted by molar-refractivity contribution is 6.05. The highest BCUT2D eigenvalue weighted by Gasteiger charge is 2.10. The molecule has 25 heavy (non-hydrogen) atoms. The van der Waals surface area contributed by atoms with Gasteiger partial charge in [0.1, 0.15) is 18.4 Å². The van der Waals surface area contributed by atoms with E-state index in [1.165, 1.54) is 0 Å². The first-order valence-corrected chi connectivity index (χ1v) is 8.11. The summed E-state index contributed by atoms with van der Waals surface area (Å²) in [5.41, 5.74) is 2.12. The second-order valence-electron chi connectivity index (χ2n) is 6.07. The van der Waals surface area contributed by atoms with Gasteiger partial charge >= 0.3 is 0 Å². The average Bonchev–Trinajstić information content (AvgIpc) is 3.15. The number of aromatic nitrogens is 3. The fourth-order valence-electron chi connectivity index (χ4n) is 2.27. The number of ether oxygens (including phenoxy) is 1. The number of hydrogen-bond donors (Lipinski definition) is 1. The zero-order valence-corrected chi connectivity index (χ0v) is 14.2. The van der Waals surface area contributed by atoms with Crippen LogP contribution in [-0.2, 0) is 0 Å². The lowest BCUT2D eigenvalue weighted by Crippen LogP contribution is -2.14. The molecule has 1 N–H and O–H groups in total. The van der Waals surface area contributed by atoms with E-state index in [4.69, 9.17) is 4.74 Å². The molecule has 3 aromatic rings. The first kappa shape index (κ1) is 16.7. The van der Waals surface area contributed by atoms with Gasteiger partial charge < -0.3 is 10.1 Å². The highest BCUT2D eigenvalue weighted by Crippen LogP contribution is 2.25. The summed E-state index contributed by atoms with van der Waals surface area (Å²) in [7, 11) is 0. The summed E-state index contributed by atoms with van der Waals surface area (Å²) in [4.78, 5) is 12.5. The Bertz CT molecular complexity index is 827. The molecule has 0 radical (unpaired) electrons. The number of amides is 1. The second-order valence-corrected chi connectivity index (χ2v) is 6.07. The standard InChI is InChI=1S/C19H20N4O2/c1-14(2)11-25-18-6-4-3-5-17(18)22-19(24)15-7-9-16(10-8-15)23-12-20-21-13-23/h3-10,12-14H,11H2,1-2H3,(H,22,24). The van der Waals surface area contributed by atoms with Gasteiger partial charge in [-0.15, -0.1) is 10.2 Å². The average molecular weight is 336 g/mol. The van der Waals surface area contributed by atoms with Crippen molar-refractivity contribution < 1.29 is 9.53 Å². The maximum atomic E-state index is 12.5. The predicted molar refractivity (Wildman–Crippen MR) is 96.1 cm³/mol. The molecule has 0 aliphatic heterocycles. The van der Waals surface area contributed by atoms with Crippen LogP contribution >= 0.6 is 0 Å². The number of nitrogens with one attached hydrogen (secondary N) is 1. The van der Waals surface area contributed by atoms with E-state index in [2.05, 4.69) is 29.4 Å². The minimum atomic E-state index is -0.184. The summed E-state index contributed by atoms with van der Waals surface area (Å²) >= 11 is 0. The number of para-hydroxylation sites is 2. The molecular formula is C19H20N4O2. The van der Waals surface area contributed by atoms with Crippen molar-refractivity contribution in [3.05, 3.63) is 66.7 Å². The van der Waals surface area contributed by atoms with E-state index in [-0.39, 0.29) is 5.91 Å². The Morgan fingerprint density at radius 2 is 1.76 bits per heavy atom. The number of carbonyl (C=O) groups excluding carboxylic acids is 1. The monoisotopic (exact) mass is 336 g/mol. The minimum Gasteiger partial charge on any atom is -0.491 e. The molecule has 0 saturated heterocycles. The lowest BCUT2D eigenvalue weighted by atomic mass is 10.2. The summed E-state index contributed by atoms with van der Waals surface area (Å²) in [6, 6.07) is 14.7. The first-order valence-electron chi connectivity index (χ1n) is 8.11. The zero-order chi connectivity index (χ0) is 17.6. The van der Waals surface area contributed by atoms with E-state index in [9.17, 15) is 4.79 Å². The van der Waals surface area contributed by atoms with Crippen LogP contribution in [0.15, 0.2) is 61.2 Å². The summed E-state index contributed by atoms with van der Waals surface area (Å²) in [5.74, 6) is 0.899. The Morgan fingerprint density at radius 1 is 1.08 bits per heavy atom. The molecule has 6 heteroatoms. The number of nitrogens with zero attached hydrogens (tertiary/aromatic N) is 3. The Balaban J connectivity index is 1.72. The highest BCUT2D eigenvalue weighted by atomic mass is 16.5. The topological polar surface area (TPSA) is 69.0 Å². The van der Waals surface area contributed by atoms with Crippen LogP contribution in [0.25, 0.3) is 5.69 Å². The Labute approximate surface area is 146 Å². The van der Waals surface area contributed by atoms with Gasteiger partial charge in [-0.3, -0.25) is 9.36 Å². The smallest absolute Gasteiger partial charge is 0.255 e. The van der Waals surface area contributed by atoms with Crippen molar-refractivity contribution in [2.24, 2.45) is 5.92 Å². The van der Waals surface area contributed by atoms with Crippen molar-refractivity contribution in [1.82, 2.24) is 14.8 Å². The lowest BCUT2D eigenvalue weighted by molar-refractivity contribution is 0.102. The van der Waals surface area contributed by atoms with Gasteiger partial charge in [-0.05, 0) is 42.3 Å². The Morgan fingerprint density at radius 3 is 2.44 bits per heavy atom. The van der Waals surface area contributed by atoms with Gasteiger partial charge in [0.05, 0.1) is 12.3 Å². The van der Waals surface area contributed by atoms with E-state index in [1.807, 2.05) is 36.4 Å². The van der Waals surface area contributed by atoms with Gasteiger partial charge in [-0.2, -0.15) is 0 Å². The van der Waals surface area contributed by atoms with E-state index >= 15 is 0 Å². The van der Waals surface area contributed by atoms with Crippen LogP contribution in [0.3, 0.4) is 0 Å². The minimum absolute atomic E-state index is 0.184. The SMILES string of the molecule is CC(C)COc1ccccc1NC(=O)c1ccc(-n2cnnc2)cc1. The van der Waals surface area contributed by atoms with Crippen LogP contribution in [-0.4, -0.2) is 27.3 Å². The molecule has 0 bridgehead atoms. The molecule has 1 aromatic heterocycles. The zero-order valence-electron chi connectivity index (χ0n) is 14.2. The van der Waals surface area contributed by atoms with Crippen LogP contribution in [0.1, 0.15) is 24.2 Å². The summed E-state index contributed by atoms with van der Waals surface area (Å²) in [6.07, 6.45) is 3.22. The van der Waals surface area contributed by atoms with Crippen molar-refractivity contribution in [3.8, 4) is 11.4 Å². The molecule has 0 aliphatic carbocycles. The molecular weight excluding hydrogens is 316 g/mol. The molecule has 0 fully saturated rings. The number of anilines is 1. The molecule has 2 aromatic carbocycles. The quantitative estimate of drug-likeness (QED) is 0.747. The fraction of sp³-hybridized carbons (Fsp3) is 0.211. The third-order valence-electron chi connectivity index (χ3n) is 3.55. The first-order chi connectivity index (χ1) is 12.1. The normalized spacial score (nSPS) is 10.7. The molecule has 0 aliphatic rings. The second kappa shape index (κ2) is 7.61.